The molecule has 2 atom stereocenters. The van der Waals surface area contributed by atoms with E-state index in [1.165, 1.54) is 21.0 Å². The molecule has 1 fully saturated rings. The Labute approximate surface area is 311 Å². The number of allylic oxidation sites excluding steroid dienone is 4. The molecule has 1 aromatic heterocycles. The first-order valence-electron chi connectivity index (χ1n) is 17.1. The fourth-order valence-electron chi connectivity index (χ4n) is 8.34. The summed E-state index contributed by atoms with van der Waals surface area (Å²) in [5.74, 6) is -0.409. The number of fused-ring (bicyclic) bond motifs is 7. The van der Waals surface area contributed by atoms with Gasteiger partial charge in [-0.2, -0.15) is 0 Å². The average molecular weight is 854 g/mol. The minimum atomic E-state index is -4.34. The van der Waals surface area contributed by atoms with Crippen molar-refractivity contribution in [2.45, 2.75) is 58.4 Å². The Balaban J connectivity index is 1.28. The molecule has 2 unspecified atom stereocenters. The third-order valence-corrected chi connectivity index (χ3v) is 17.6. The molecular formula is C39H39N2O6S2Se2+. The van der Waals surface area contributed by atoms with Crippen LogP contribution in [0.5, 0.6) is 0 Å². The molecule has 8 nitrogen and oxygen atoms in total. The maximum atomic E-state index is 12.9. The van der Waals surface area contributed by atoms with Crippen molar-refractivity contribution in [1.29, 1.82) is 0 Å². The third-order valence-electron chi connectivity index (χ3n) is 10.7. The number of aromatic nitrogens is 1. The molecule has 8 rings (SSSR count). The summed E-state index contributed by atoms with van der Waals surface area (Å²) in [6, 6.07) is 24.9. The molecule has 4 aromatic carbocycles. The number of rotatable bonds is 7. The van der Waals surface area contributed by atoms with Crippen LogP contribution in [-0.4, -0.2) is 73.1 Å². The summed E-state index contributed by atoms with van der Waals surface area (Å²) in [6.07, 6.45) is 6.89. The normalized spacial score (nSPS) is 23.6. The Morgan fingerprint density at radius 2 is 1.63 bits per heavy atom. The van der Waals surface area contributed by atoms with Crippen LogP contribution in [0.1, 0.15) is 51.0 Å². The van der Waals surface area contributed by atoms with Crippen LogP contribution in [0.15, 0.2) is 100 Å². The van der Waals surface area contributed by atoms with Crippen LogP contribution in [0.25, 0.3) is 37.4 Å². The third kappa shape index (κ3) is 6.22. The molecule has 0 amide bonds. The second kappa shape index (κ2) is 12.6. The van der Waals surface area contributed by atoms with E-state index in [9.17, 15) is 25.9 Å². The second-order valence-electron chi connectivity index (χ2n) is 14.7. The van der Waals surface area contributed by atoms with Gasteiger partial charge in [-0.1, -0.05) is 0 Å². The van der Waals surface area contributed by atoms with E-state index < -0.39 is 31.4 Å². The van der Waals surface area contributed by atoms with E-state index in [1.807, 2.05) is 24.3 Å². The van der Waals surface area contributed by atoms with Crippen molar-refractivity contribution in [3.63, 3.8) is 0 Å². The van der Waals surface area contributed by atoms with E-state index in [4.69, 9.17) is 0 Å². The Hall–Kier alpha value is -2.89. The van der Waals surface area contributed by atoms with Gasteiger partial charge in [0.15, 0.2) is 0 Å². The second-order valence-corrected chi connectivity index (χ2v) is 22.3. The molecule has 51 heavy (non-hydrogen) atoms. The monoisotopic (exact) mass is 855 g/mol. The molecule has 5 aromatic rings. The van der Waals surface area contributed by atoms with Crippen molar-refractivity contribution < 1.29 is 30.5 Å². The van der Waals surface area contributed by atoms with Crippen molar-refractivity contribution in [1.82, 2.24) is 4.48 Å². The maximum absolute atomic E-state index is 12.9. The molecule has 1 aliphatic carbocycles. The Kier molecular flexibility index (Phi) is 8.69. The average Bonchev–Trinajstić information content (AvgIpc) is 3.57. The van der Waals surface area contributed by atoms with Gasteiger partial charge in [0.2, 0.25) is 0 Å². The first-order chi connectivity index (χ1) is 24.1. The van der Waals surface area contributed by atoms with Crippen LogP contribution in [0.2, 0.25) is 0 Å². The molecule has 0 bridgehead atoms. The summed E-state index contributed by atoms with van der Waals surface area (Å²) >= 11 is -0.164. The van der Waals surface area contributed by atoms with Crippen molar-refractivity contribution in [2.24, 2.45) is 5.41 Å². The van der Waals surface area contributed by atoms with E-state index in [1.54, 1.807) is 0 Å². The molecule has 3 aliphatic rings. The van der Waals surface area contributed by atoms with Gasteiger partial charge < -0.3 is 0 Å². The van der Waals surface area contributed by atoms with Crippen LogP contribution in [0.3, 0.4) is 0 Å². The summed E-state index contributed by atoms with van der Waals surface area (Å²) in [6.45, 7) is 7.76. The van der Waals surface area contributed by atoms with Crippen LogP contribution < -0.4 is 13.5 Å². The van der Waals surface area contributed by atoms with Gasteiger partial charge in [0.25, 0.3) is 0 Å². The predicted molar refractivity (Wildman–Crippen MR) is 205 cm³/mol. The quantitative estimate of drug-likeness (QED) is 0.0966. The van der Waals surface area contributed by atoms with Gasteiger partial charge in [-0.15, -0.1) is 0 Å². The molecular weight excluding hydrogens is 814 g/mol. The van der Waals surface area contributed by atoms with E-state index in [-0.39, 0.29) is 45.8 Å². The van der Waals surface area contributed by atoms with E-state index in [0.717, 1.165) is 59.2 Å². The van der Waals surface area contributed by atoms with Crippen LogP contribution in [-0.2, 0) is 26.8 Å². The Morgan fingerprint density at radius 3 is 2.31 bits per heavy atom. The van der Waals surface area contributed by atoms with Crippen molar-refractivity contribution in [2.75, 3.05) is 12.3 Å². The number of aryl methyl sites for hydroxylation is 1. The molecule has 0 saturated carbocycles. The Morgan fingerprint density at radius 1 is 0.941 bits per heavy atom. The van der Waals surface area contributed by atoms with E-state index in [0.29, 0.717) is 19.5 Å². The van der Waals surface area contributed by atoms with Gasteiger partial charge in [0.1, 0.15) is 0 Å². The molecule has 264 valence electrons. The zero-order valence-electron chi connectivity index (χ0n) is 28.6. The molecule has 2 aliphatic heterocycles. The summed E-state index contributed by atoms with van der Waals surface area (Å²) < 4.78 is 78.2. The SMILES string of the molecule is CC1=C(C=C2[Se]c3ccc4ccccc4c3[N+]23CCC3S(=O)(=O)O)CC(C)(C)CC1=Cc1[se]c2ccc3ccccc3c2[n+]1CCCS(=O)(=O)[O-]. The van der Waals surface area contributed by atoms with Crippen LogP contribution in [0, 0.1) is 5.41 Å². The van der Waals surface area contributed by atoms with Crippen LogP contribution >= 0.6 is 0 Å². The summed E-state index contributed by atoms with van der Waals surface area (Å²) in [7, 11) is -8.66. The fourth-order valence-corrected chi connectivity index (χ4v) is 15.6. The Bertz CT molecular complexity index is 2610. The van der Waals surface area contributed by atoms with Crippen molar-refractivity contribution in [3.05, 3.63) is 105 Å². The molecule has 1 spiro atoms. The number of hydrogen-bond acceptors (Lipinski definition) is 5. The zero-order valence-corrected chi connectivity index (χ0v) is 33.7. The van der Waals surface area contributed by atoms with Gasteiger partial charge in [-0.3, -0.25) is 0 Å². The molecule has 3 heterocycles. The first kappa shape index (κ1) is 35.2. The van der Waals surface area contributed by atoms with Gasteiger partial charge >= 0.3 is 313 Å². The van der Waals surface area contributed by atoms with Crippen LogP contribution in [0.4, 0.5) is 5.69 Å². The zero-order chi connectivity index (χ0) is 35.9. The van der Waals surface area contributed by atoms with Gasteiger partial charge in [0, 0.05) is 0 Å². The first-order valence-corrected chi connectivity index (χ1v) is 23.6. The van der Waals surface area contributed by atoms with Gasteiger partial charge in [-0.05, 0) is 0 Å². The van der Waals surface area contributed by atoms with Crippen molar-refractivity contribution in [3.8, 4) is 0 Å². The summed E-state index contributed by atoms with van der Waals surface area (Å²) in [5.41, 5.74) is 5.61. The molecule has 12 heteroatoms. The standard InChI is InChI=1S/C39H38N2O6S2Se2/c1-25-28(21-34-40(18-8-20-48(42,43)44)37-30-11-6-4-9-26(30)13-15-32(37)50-34)23-39(2,3)24-29(25)22-36-41(19-17-35(41)49(45,46)47)38-31-12-7-5-10-27(31)14-16-33(38)51-36/h4-7,9-16,21-22,35H,8,17-20,23-24H2,1-3H3/p+1. The van der Waals surface area contributed by atoms with Crippen molar-refractivity contribution >= 4 is 97.2 Å². The topological polar surface area (TPSA) is 115 Å². The number of hydrogen-bond donors (Lipinski definition) is 1. The van der Waals surface area contributed by atoms with Gasteiger partial charge in [0.05, 0.1) is 0 Å². The number of nitrogens with zero attached hydrogens (tertiary/aromatic N) is 2. The van der Waals surface area contributed by atoms with E-state index >= 15 is 0 Å². The minimum absolute atomic E-state index is 0.0317. The number of quaternary nitrogens is 1. The summed E-state index contributed by atoms with van der Waals surface area (Å²) in [4.78, 5) is 0. The predicted octanol–water partition coefficient (Wildman–Crippen LogP) is 5.76. The molecule has 0 radical (unpaired) electrons. The fraction of sp³-hybridized carbons (Fsp3) is 0.308. The number of benzene rings is 4. The molecule has 1 N–H and O–H groups in total. The van der Waals surface area contributed by atoms with E-state index in [2.05, 4.69) is 86.0 Å². The molecule has 1 saturated heterocycles. The summed E-state index contributed by atoms with van der Waals surface area (Å²) in [5, 5.41) is 3.41. The van der Waals surface area contributed by atoms with Gasteiger partial charge in [-0.25, -0.2) is 0 Å².